The molecule has 0 radical (unpaired) electrons. The fraction of sp³-hybridized carbons (Fsp3) is 0.571. The quantitative estimate of drug-likeness (QED) is 0.808. The van der Waals surface area contributed by atoms with Crippen LogP contribution in [0.2, 0.25) is 0 Å². The zero-order chi connectivity index (χ0) is 12.1. The smallest absolute Gasteiger partial charge is 0.131 e. The van der Waals surface area contributed by atoms with Gasteiger partial charge in [-0.3, -0.25) is 0 Å². The Morgan fingerprint density at radius 3 is 2.41 bits per heavy atom. The summed E-state index contributed by atoms with van der Waals surface area (Å²) in [4.78, 5) is 8.98. The number of nitrogens with zero attached hydrogens (tertiary/aromatic N) is 2. The third-order valence-electron chi connectivity index (χ3n) is 3.62. The van der Waals surface area contributed by atoms with Crippen LogP contribution in [0.15, 0.2) is 24.0 Å². The number of rotatable bonds is 3. The van der Waals surface area contributed by atoms with Crippen LogP contribution in [0, 0.1) is 5.92 Å². The Kier molecular flexibility index (Phi) is 4.55. The van der Waals surface area contributed by atoms with Gasteiger partial charge in [0, 0.05) is 23.8 Å². The molecule has 1 aromatic heterocycles. The molecule has 0 amide bonds. The van der Waals surface area contributed by atoms with Crippen LogP contribution in [0.5, 0.6) is 0 Å². The van der Waals surface area contributed by atoms with Crippen LogP contribution in [0.4, 0.5) is 0 Å². The van der Waals surface area contributed by atoms with E-state index in [1.807, 2.05) is 12.4 Å². The van der Waals surface area contributed by atoms with Gasteiger partial charge >= 0.3 is 0 Å². The Morgan fingerprint density at radius 1 is 1.24 bits per heavy atom. The maximum Gasteiger partial charge on any atom is 0.131 e. The third kappa shape index (κ3) is 3.29. The lowest BCUT2D eigenvalue weighted by atomic mass is 9.81. The zero-order valence-electron chi connectivity index (χ0n) is 10.3. The van der Waals surface area contributed by atoms with Crippen LogP contribution >= 0.6 is 11.6 Å². The van der Waals surface area contributed by atoms with Crippen molar-refractivity contribution in [2.45, 2.75) is 44.9 Å². The second-order valence-electron chi connectivity index (χ2n) is 4.73. The Hall–Kier alpha value is -0.890. The molecule has 92 valence electrons. The summed E-state index contributed by atoms with van der Waals surface area (Å²) in [6, 6.07) is 0. The maximum atomic E-state index is 5.62. The molecule has 2 rings (SSSR count). The molecule has 0 aromatic carbocycles. The number of allylic oxidation sites excluding steroid dienone is 1. The van der Waals surface area contributed by atoms with Gasteiger partial charge in [0.2, 0.25) is 0 Å². The van der Waals surface area contributed by atoms with Gasteiger partial charge in [-0.05, 0) is 43.6 Å². The summed E-state index contributed by atoms with van der Waals surface area (Å²) in [5, 5.41) is 0. The Bertz CT molecular complexity index is 364. The predicted molar refractivity (Wildman–Crippen MR) is 71.1 cm³/mol. The van der Waals surface area contributed by atoms with Crippen LogP contribution in [-0.2, 0) is 6.42 Å². The highest BCUT2D eigenvalue weighted by atomic mass is 35.5. The zero-order valence-corrected chi connectivity index (χ0v) is 11.0. The van der Waals surface area contributed by atoms with Crippen molar-refractivity contribution in [2.75, 3.05) is 0 Å². The summed E-state index contributed by atoms with van der Waals surface area (Å²) < 4.78 is 0. The van der Waals surface area contributed by atoms with Crippen LogP contribution in [0.25, 0.3) is 0 Å². The molecule has 0 aliphatic heterocycles. The van der Waals surface area contributed by atoms with E-state index in [4.69, 9.17) is 11.6 Å². The van der Waals surface area contributed by atoms with Crippen molar-refractivity contribution in [3.8, 4) is 0 Å². The minimum atomic E-state index is 0.542. The first-order valence-corrected chi connectivity index (χ1v) is 6.84. The first-order chi connectivity index (χ1) is 8.33. The van der Waals surface area contributed by atoms with E-state index in [9.17, 15) is 0 Å². The molecule has 0 spiro atoms. The normalized spacial score (nSPS) is 25.3. The van der Waals surface area contributed by atoms with E-state index in [1.165, 1.54) is 31.2 Å². The highest BCUT2D eigenvalue weighted by molar-refractivity contribution is 6.25. The molecule has 0 atom stereocenters. The molecule has 1 aliphatic rings. The van der Waals surface area contributed by atoms with Crippen LogP contribution in [0.3, 0.4) is 0 Å². The van der Waals surface area contributed by atoms with Gasteiger partial charge in [0.05, 0.1) is 0 Å². The molecule has 0 bridgehead atoms. The molecule has 0 N–H and O–H groups in total. The predicted octanol–water partition coefficient (Wildman–Crippen LogP) is 4.07. The Balaban J connectivity index is 1.95. The minimum absolute atomic E-state index is 0.542. The standard InChI is InChI=1S/C14H19ClN2/c1-2-11-9-16-14(17-10-11)13-5-3-12(4-6-13)7-8-15/h7-10,12-13H,2-6H2,1H3/b8-7+. The first kappa shape index (κ1) is 12.6. The number of halogens is 1. The summed E-state index contributed by atoms with van der Waals surface area (Å²) >= 11 is 5.62. The van der Waals surface area contributed by atoms with Gasteiger partial charge in [-0.25, -0.2) is 9.97 Å². The van der Waals surface area contributed by atoms with E-state index in [0.717, 1.165) is 12.2 Å². The molecule has 0 unspecified atom stereocenters. The lowest BCUT2D eigenvalue weighted by Crippen LogP contribution is -2.14. The molecular weight excluding hydrogens is 232 g/mol. The fourth-order valence-electron chi connectivity index (χ4n) is 2.43. The molecule has 1 heterocycles. The van der Waals surface area contributed by atoms with E-state index in [-0.39, 0.29) is 0 Å². The van der Waals surface area contributed by atoms with Crippen molar-refractivity contribution in [1.29, 1.82) is 0 Å². The van der Waals surface area contributed by atoms with Gasteiger partial charge in [0.1, 0.15) is 5.82 Å². The minimum Gasteiger partial charge on any atom is -0.241 e. The molecule has 0 saturated heterocycles. The average Bonchev–Trinajstić information content (AvgIpc) is 2.40. The third-order valence-corrected chi connectivity index (χ3v) is 3.76. The number of hydrogen-bond donors (Lipinski definition) is 0. The monoisotopic (exact) mass is 250 g/mol. The van der Waals surface area contributed by atoms with Crippen LogP contribution in [0.1, 0.15) is 49.9 Å². The summed E-state index contributed by atoms with van der Waals surface area (Å²) in [6.45, 7) is 2.13. The van der Waals surface area contributed by atoms with E-state index in [0.29, 0.717) is 11.8 Å². The summed E-state index contributed by atoms with van der Waals surface area (Å²) in [5.74, 6) is 2.22. The summed E-state index contributed by atoms with van der Waals surface area (Å²) in [7, 11) is 0. The molecule has 2 nitrogen and oxygen atoms in total. The van der Waals surface area contributed by atoms with Crippen molar-refractivity contribution in [3.05, 3.63) is 35.4 Å². The van der Waals surface area contributed by atoms with Crippen molar-refractivity contribution >= 4 is 11.6 Å². The van der Waals surface area contributed by atoms with Crippen LogP contribution < -0.4 is 0 Å². The van der Waals surface area contributed by atoms with E-state index in [2.05, 4.69) is 23.0 Å². The second kappa shape index (κ2) is 6.15. The van der Waals surface area contributed by atoms with Crippen molar-refractivity contribution in [1.82, 2.24) is 9.97 Å². The SMILES string of the molecule is CCc1cnc(C2CCC(/C=C/Cl)CC2)nc1. The molecule has 3 heteroatoms. The van der Waals surface area contributed by atoms with Gasteiger partial charge in [0.25, 0.3) is 0 Å². The average molecular weight is 251 g/mol. The number of aryl methyl sites for hydroxylation is 1. The van der Waals surface area contributed by atoms with Gasteiger partial charge in [0.15, 0.2) is 0 Å². The summed E-state index contributed by atoms with van der Waals surface area (Å²) in [5.41, 5.74) is 2.87. The lowest BCUT2D eigenvalue weighted by molar-refractivity contribution is 0.366. The summed E-state index contributed by atoms with van der Waals surface area (Å²) in [6.07, 6.45) is 11.8. The Labute approximate surface area is 108 Å². The van der Waals surface area contributed by atoms with Gasteiger partial charge in [-0.15, -0.1) is 0 Å². The highest BCUT2D eigenvalue weighted by Crippen LogP contribution is 2.34. The van der Waals surface area contributed by atoms with Crippen molar-refractivity contribution in [3.63, 3.8) is 0 Å². The number of hydrogen-bond acceptors (Lipinski definition) is 2. The second-order valence-corrected chi connectivity index (χ2v) is 4.99. The molecule has 1 saturated carbocycles. The van der Waals surface area contributed by atoms with Gasteiger partial charge < -0.3 is 0 Å². The lowest BCUT2D eigenvalue weighted by Gasteiger charge is -2.25. The molecule has 17 heavy (non-hydrogen) atoms. The highest BCUT2D eigenvalue weighted by Gasteiger charge is 2.22. The van der Waals surface area contributed by atoms with Gasteiger partial charge in [-0.2, -0.15) is 0 Å². The number of aromatic nitrogens is 2. The molecule has 1 aromatic rings. The van der Waals surface area contributed by atoms with E-state index >= 15 is 0 Å². The first-order valence-electron chi connectivity index (χ1n) is 6.41. The molecule has 1 aliphatic carbocycles. The van der Waals surface area contributed by atoms with Gasteiger partial charge in [-0.1, -0.05) is 24.6 Å². The van der Waals surface area contributed by atoms with Crippen molar-refractivity contribution in [2.24, 2.45) is 5.92 Å². The Morgan fingerprint density at radius 2 is 1.88 bits per heavy atom. The maximum absolute atomic E-state index is 5.62. The van der Waals surface area contributed by atoms with E-state index < -0.39 is 0 Å². The fourth-order valence-corrected chi connectivity index (χ4v) is 2.64. The topological polar surface area (TPSA) is 25.8 Å². The largest absolute Gasteiger partial charge is 0.241 e. The molecule has 1 fully saturated rings. The van der Waals surface area contributed by atoms with E-state index in [1.54, 1.807) is 5.54 Å². The molecular formula is C14H19ClN2. The van der Waals surface area contributed by atoms with Crippen molar-refractivity contribution < 1.29 is 0 Å². The van der Waals surface area contributed by atoms with Crippen LogP contribution in [-0.4, -0.2) is 9.97 Å².